The monoisotopic (exact) mass is 586 g/mol. The van der Waals surface area contributed by atoms with Crippen molar-refractivity contribution in [3.05, 3.63) is 0 Å². The van der Waals surface area contributed by atoms with E-state index in [1.807, 2.05) is 0 Å². The van der Waals surface area contributed by atoms with Gasteiger partial charge < -0.3 is 25.7 Å². The Hall–Kier alpha value is -0.200. The lowest BCUT2D eigenvalue weighted by Gasteiger charge is -2.27. The first-order chi connectivity index (χ1) is 20.1. The Labute approximate surface area is 256 Å². The maximum atomic E-state index is 10.5. The van der Waals surface area contributed by atoms with Crippen LogP contribution in [0.1, 0.15) is 194 Å². The molecular formula is C36H75NO4. The van der Waals surface area contributed by atoms with Crippen molar-refractivity contribution in [3.63, 3.8) is 0 Å². The summed E-state index contributed by atoms with van der Waals surface area (Å²) in [4.78, 5) is 0. The van der Waals surface area contributed by atoms with Crippen molar-refractivity contribution in [1.82, 2.24) is 5.32 Å². The van der Waals surface area contributed by atoms with Crippen molar-refractivity contribution in [1.29, 1.82) is 0 Å². The molecule has 0 heterocycles. The Bertz CT molecular complexity index is 492. The van der Waals surface area contributed by atoms with Gasteiger partial charge in [-0.05, 0) is 12.8 Å². The van der Waals surface area contributed by atoms with E-state index in [4.69, 9.17) is 0 Å². The Morgan fingerprint density at radius 2 is 0.756 bits per heavy atom. The maximum absolute atomic E-state index is 10.5. The number of rotatable bonds is 34. The van der Waals surface area contributed by atoms with Crippen LogP contribution in [0.3, 0.4) is 0 Å². The van der Waals surface area contributed by atoms with E-state index in [1.165, 1.54) is 141 Å². The molecule has 0 aliphatic heterocycles. The topological polar surface area (TPSA) is 93.0 Å². The minimum atomic E-state index is -1.01. The molecule has 4 atom stereocenters. The molecule has 0 aromatic heterocycles. The predicted octanol–water partition coefficient (Wildman–Crippen LogP) is 8.98. The molecule has 0 aliphatic rings. The number of hydrogen-bond donors (Lipinski definition) is 5. The molecule has 5 heteroatoms. The van der Waals surface area contributed by atoms with E-state index in [2.05, 4.69) is 19.2 Å². The van der Waals surface area contributed by atoms with E-state index in [9.17, 15) is 20.4 Å². The van der Waals surface area contributed by atoms with Crippen LogP contribution < -0.4 is 5.32 Å². The minimum Gasteiger partial charge on any atom is -0.395 e. The number of nitrogens with one attached hydrogen (secondary N) is 1. The van der Waals surface area contributed by atoms with E-state index in [1.54, 1.807) is 0 Å². The van der Waals surface area contributed by atoms with Crippen LogP contribution in [0.5, 0.6) is 0 Å². The van der Waals surface area contributed by atoms with Gasteiger partial charge in [-0.25, -0.2) is 0 Å². The number of aliphatic hydroxyl groups excluding tert-OH is 4. The third-order valence-corrected chi connectivity index (χ3v) is 8.86. The largest absolute Gasteiger partial charge is 0.395 e. The van der Waals surface area contributed by atoms with Crippen LogP contribution in [0.15, 0.2) is 0 Å². The van der Waals surface area contributed by atoms with Crippen LogP contribution in [0.4, 0.5) is 0 Å². The van der Waals surface area contributed by atoms with Crippen molar-refractivity contribution in [2.24, 2.45) is 0 Å². The van der Waals surface area contributed by atoms with Crippen molar-refractivity contribution in [2.75, 3.05) is 13.2 Å². The summed E-state index contributed by atoms with van der Waals surface area (Å²) in [5, 5.41) is 44.1. The molecule has 0 saturated carbocycles. The zero-order chi connectivity index (χ0) is 30.2. The maximum Gasteiger partial charge on any atom is 0.0973 e. The first-order valence-electron chi connectivity index (χ1n) is 18.4. The number of hydrogen-bond acceptors (Lipinski definition) is 5. The second kappa shape index (κ2) is 32.7. The molecule has 41 heavy (non-hydrogen) atoms. The molecule has 0 amide bonds. The van der Waals surface area contributed by atoms with Crippen LogP contribution in [0.25, 0.3) is 0 Å². The minimum absolute atomic E-state index is 0.248. The van der Waals surface area contributed by atoms with Crippen LogP contribution in [-0.4, -0.2) is 57.9 Å². The first-order valence-corrected chi connectivity index (χ1v) is 18.4. The molecule has 0 aromatic rings. The molecule has 0 fully saturated rings. The molecular weight excluding hydrogens is 510 g/mol. The molecule has 4 unspecified atom stereocenters. The molecule has 5 nitrogen and oxygen atoms in total. The van der Waals surface area contributed by atoms with Crippen molar-refractivity contribution in [2.45, 2.75) is 218 Å². The standard InChI is InChI=1S/C36H75NO4/c1-3-5-7-9-11-13-15-17-18-19-21-23-25-27-29-33(39)31-37-34(32-38)36(41)35(40)30-28-26-24-22-20-16-14-12-10-8-6-4-2/h33-41H,3-32H2,1-2H3. The number of unbranched alkanes of at least 4 members (excludes halogenated alkanes) is 24. The smallest absolute Gasteiger partial charge is 0.0973 e. The van der Waals surface area contributed by atoms with Gasteiger partial charge >= 0.3 is 0 Å². The summed E-state index contributed by atoms with van der Waals surface area (Å²) in [6.07, 6.45) is 32.7. The summed E-state index contributed by atoms with van der Waals surface area (Å²) in [7, 11) is 0. The van der Waals surface area contributed by atoms with Crippen molar-refractivity contribution in [3.8, 4) is 0 Å². The SMILES string of the molecule is CCCCCCCCCCCCCCCCC(O)CNC(CO)C(O)C(O)CCCCCCCCCCCCCC. The lowest BCUT2D eigenvalue weighted by Crippen LogP contribution is -2.50. The van der Waals surface area contributed by atoms with Gasteiger partial charge in [-0.2, -0.15) is 0 Å². The fraction of sp³-hybridized carbons (Fsp3) is 1.00. The summed E-state index contributed by atoms with van der Waals surface area (Å²) >= 11 is 0. The third-order valence-electron chi connectivity index (χ3n) is 8.86. The van der Waals surface area contributed by atoms with E-state index in [0.717, 1.165) is 32.1 Å². The molecule has 0 spiro atoms. The van der Waals surface area contributed by atoms with Gasteiger partial charge in [-0.1, -0.05) is 181 Å². The normalized spacial score (nSPS) is 14.8. The summed E-state index contributed by atoms with van der Waals surface area (Å²) in [5.41, 5.74) is 0. The summed E-state index contributed by atoms with van der Waals surface area (Å²) in [5.74, 6) is 0. The van der Waals surface area contributed by atoms with Gasteiger partial charge in [0.15, 0.2) is 0 Å². The highest BCUT2D eigenvalue weighted by Gasteiger charge is 2.25. The molecule has 0 aliphatic carbocycles. The van der Waals surface area contributed by atoms with Crippen LogP contribution >= 0.6 is 0 Å². The summed E-state index contributed by atoms with van der Waals surface area (Å²) in [6.45, 7) is 4.62. The Balaban J connectivity index is 3.65. The van der Waals surface area contributed by atoms with Gasteiger partial charge in [-0.15, -0.1) is 0 Å². The Kier molecular flexibility index (Phi) is 32.5. The quantitative estimate of drug-likeness (QED) is 0.0486. The predicted molar refractivity (Wildman–Crippen MR) is 178 cm³/mol. The second-order valence-electron chi connectivity index (χ2n) is 13.0. The van der Waals surface area contributed by atoms with Crippen LogP contribution in [0.2, 0.25) is 0 Å². The van der Waals surface area contributed by atoms with E-state index >= 15 is 0 Å². The fourth-order valence-corrected chi connectivity index (χ4v) is 5.89. The Morgan fingerprint density at radius 3 is 1.10 bits per heavy atom. The molecule has 0 saturated heterocycles. The van der Waals surface area contributed by atoms with Crippen molar-refractivity contribution < 1.29 is 20.4 Å². The average Bonchev–Trinajstić information content (AvgIpc) is 2.97. The van der Waals surface area contributed by atoms with Gasteiger partial charge in [0, 0.05) is 6.54 Å². The van der Waals surface area contributed by atoms with Gasteiger partial charge in [0.2, 0.25) is 0 Å². The van der Waals surface area contributed by atoms with Gasteiger partial charge in [0.25, 0.3) is 0 Å². The van der Waals surface area contributed by atoms with E-state index < -0.39 is 24.4 Å². The third kappa shape index (κ3) is 28.3. The highest BCUT2D eigenvalue weighted by atomic mass is 16.3. The van der Waals surface area contributed by atoms with E-state index in [-0.39, 0.29) is 6.61 Å². The summed E-state index contributed by atoms with van der Waals surface area (Å²) < 4.78 is 0. The van der Waals surface area contributed by atoms with Gasteiger partial charge in [-0.3, -0.25) is 0 Å². The van der Waals surface area contributed by atoms with Gasteiger partial charge in [0.1, 0.15) is 0 Å². The summed E-state index contributed by atoms with van der Waals surface area (Å²) in [6, 6.07) is -0.603. The highest BCUT2D eigenvalue weighted by molar-refractivity contribution is 4.82. The fourth-order valence-electron chi connectivity index (χ4n) is 5.89. The molecule has 0 rings (SSSR count). The highest BCUT2D eigenvalue weighted by Crippen LogP contribution is 2.16. The lowest BCUT2D eigenvalue weighted by molar-refractivity contribution is -0.0236. The molecule has 0 aromatic carbocycles. The first kappa shape index (κ1) is 40.8. The van der Waals surface area contributed by atoms with Crippen molar-refractivity contribution >= 4 is 0 Å². The molecule has 5 N–H and O–H groups in total. The van der Waals surface area contributed by atoms with E-state index in [0.29, 0.717) is 13.0 Å². The van der Waals surface area contributed by atoms with Gasteiger partial charge in [0.05, 0.1) is 31.0 Å². The number of aliphatic hydroxyl groups is 4. The van der Waals surface area contributed by atoms with Crippen LogP contribution in [0, 0.1) is 0 Å². The zero-order valence-corrected chi connectivity index (χ0v) is 27.8. The molecule has 0 bridgehead atoms. The zero-order valence-electron chi connectivity index (χ0n) is 27.8. The van der Waals surface area contributed by atoms with Crippen LogP contribution in [-0.2, 0) is 0 Å². The second-order valence-corrected chi connectivity index (χ2v) is 13.0. The molecule has 248 valence electrons. The molecule has 0 radical (unpaired) electrons. The average molecular weight is 586 g/mol. The lowest BCUT2D eigenvalue weighted by atomic mass is 9.99. The Morgan fingerprint density at radius 1 is 0.439 bits per heavy atom.